The largest absolute Gasteiger partial charge is 0.353 e. The molecule has 0 unspecified atom stereocenters. The summed E-state index contributed by atoms with van der Waals surface area (Å²) in [6, 6.07) is 13.2. The van der Waals surface area contributed by atoms with E-state index in [1.165, 1.54) is 18.2 Å². The fourth-order valence-corrected chi connectivity index (χ4v) is 3.61. The van der Waals surface area contributed by atoms with Gasteiger partial charge in [-0.1, -0.05) is 18.9 Å². The van der Waals surface area contributed by atoms with Crippen molar-refractivity contribution in [3.63, 3.8) is 0 Å². The second kappa shape index (κ2) is 9.39. The van der Waals surface area contributed by atoms with E-state index in [-0.39, 0.29) is 17.6 Å². The highest BCUT2D eigenvalue weighted by Crippen LogP contribution is 2.22. The Labute approximate surface area is 183 Å². The third kappa shape index (κ3) is 5.16. The lowest BCUT2D eigenvalue weighted by atomic mass is 10.1. The van der Waals surface area contributed by atoms with Crippen molar-refractivity contribution in [3.05, 3.63) is 71.3 Å². The second-order valence-corrected chi connectivity index (χ2v) is 7.53. The maximum absolute atomic E-state index is 13.5. The van der Waals surface area contributed by atoms with E-state index >= 15 is 0 Å². The Bertz CT molecular complexity index is 1190. The van der Waals surface area contributed by atoms with Crippen LogP contribution in [0, 0.1) is 23.0 Å². The number of guanidine groups is 1. The number of amides is 1. The molecule has 0 atom stereocenters. The number of aromatic amines is 1. The van der Waals surface area contributed by atoms with E-state index in [2.05, 4.69) is 25.8 Å². The minimum atomic E-state index is -0.695. The molecule has 9 heteroatoms. The van der Waals surface area contributed by atoms with Crippen molar-refractivity contribution in [1.29, 1.82) is 5.26 Å². The molecule has 4 rings (SSSR count). The first-order chi connectivity index (χ1) is 15.5. The molecule has 0 saturated heterocycles. The highest BCUT2D eigenvalue weighted by molar-refractivity contribution is 6.06. The van der Waals surface area contributed by atoms with E-state index in [4.69, 9.17) is 5.26 Å². The van der Waals surface area contributed by atoms with Gasteiger partial charge in [0.2, 0.25) is 5.96 Å². The number of nitrogens with one attached hydrogen (secondary N) is 3. The molecule has 3 N–H and O–H groups in total. The van der Waals surface area contributed by atoms with Crippen LogP contribution < -0.4 is 10.6 Å². The maximum atomic E-state index is 13.5. The number of anilines is 1. The Kier molecular flexibility index (Phi) is 6.22. The van der Waals surface area contributed by atoms with Crippen LogP contribution in [0.15, 0.2) is 53.5 Å². The van der Waals surface area contributed by atoms with Gasteiger partial charge in [0.15, 0.2) is 5.82 Å². The van der Waals surface area contributed by atoms with Gasteiger partial charge in [-0.3, -0.25) is 9.89 Å². The highest BCUT2D eigenvalue weighted by Gasteiger charge is 2.18. The van der Waals surface area contributed by atoms with Crippen molar-refractivity contribution in [3.8, 4) is 17.3 Å². The average Bonchev–Trinajstić information content (AvgIpc) is 3.45. The molecule has 1 amide bonds. The number of aliphatic imine (C=N–C) groups is 1. The summed E-state index contributed by atoms with van der Waals surface area (Å²) in [5.41, 5.74) is 1.35. The van der Waals surface area contributed by atoms with Gasteiger partial charge in [-0.25, -0.2) is 8.78 Å². The molecular weight excluding hydrogens is 414 g/mol. The van der Waals surface area contributed by atoms with E-state index in [1.807, 2.05) is 6.07 Å². The summed E-state index contributed by atoms with van der Waals surface area (Å²) in [5.74, 6) is -1.36. The molecule has 1 saturated carbocycles. The highest BCUT2D eigenvalue weighted by atomic mass is 19.1. The molecule has 162 valence electrons. The van der Waals surface area contributed by atoms with Gasteiger partial charge in [-0.05, 0) is 43.2 Å². The van der Waals surface area contributed by atoms with Crippen LogP contribution in [0.4, 0.5) is 14.6 Å². The van der Waals surface area contributed by atoms with Gasteiger partial charge < -0.3 is 10.6 Å². The molecule has 1 aromatic heterocycles. The lowest BCUT2D eigenvalue weighted by molar-refractivity contribution is 0.100. The number of rotatable bonds is 4. The Morgan fingerprint density at radius 3 is 2.59 bits per heavy atom. The average molecular weight is 434 g/mol. The Hall–Kier alpha value is -4.06. The molecular formula is C23H20F2N6O. The summed E-state index contributed by atoms with van der Waals surface area (Å²) >= 11 is 0. The number of hydrogen-bond donors (Lipinski definition) is 3. The maximum Gasteiger partial charge on any atom is 0.280 e. The predicted octanol–water partition coefficient (Wildman–Crippen LogP) is 4.37. The summed E-state index contributed by atoms with van der Waals surface area (Å²) in [4.78, 5) is 16.9. The molecule has 32 heavy (non-hydrogen) atoms. The minimum absolute atomic E-state index is 0.162. The number of H-pyrrole nitrogens is 1. The van der Waals surface area contributed by atoms with Gasteiger partial charge in [0.25, 0.3) is 5.91 Å². The number of carbonyl (C=O) groups excluding carboxylic acids is 1. The Balaban J connectivity index is 1.58. The second-order valence-electron chi connectivity index (χ2n) is 7.53. The predicted molar refractivity (Wildman–Crippen MR) is 116 cm³/mol. The first kappa shape index (κ1) is 21.2. The van der Waals surface area contributed by atoms with Crippen LogP contribution in [0.25, 0.3) is 11.3 Å². The van der Waals surface area contributed by atoms with E-state index in [0.29, 0.717) is 22.6 Å². The normalized spacial score (nSPS) is 14.2. The summed E-state index contributed by atoms with van der Waals surface area (Å²) in [6.07, 6.45) is 4.07. The third-order valence-corrected chi connectivity index (χ3v) is 5.15. The van der Waals surface area contributed by atoms with E-state index < -0.39 is 17.5 Å². The zero-order chi connectivity index (χ0) is 22.5. The molecule has 1 aliphatic rings. The number of hydrogen-bond acceptors (Lipinski definition) is 3. The number of nitrogens with zero attached hydrogens (tertiary/aromatic N) is 3. The fourth-order valence-electron chi connectivity index (χ4n) is 3.61. The first-order valence-electron chi connectivity index (χ1n) is 10.2. The summed E-state index contributed by atoms with van der Waals surface area (Å²) in [5, 5.41) is 22.1. The van der Waals surface area contributed by atoms with Crippen LogP contribution in [-0.2, 0) is 0 Å². The standard InChI is InChI=1S/C23H20F2N6O/c24-17-9-16(10-18(25)11-17)20-12-21(31-30-20)28-23(27-19-6-1-2-7-19)29-22(32)15-5-3-4-14(8-15)13-26/h3-5,8-12,19H,1-2,6-7H2,(H3,27,28,29,30,31,32). The number of aromatic nitrogens is 2. The molecule has 0 spiro atoms. The van der Waals surface area contributed by atoms with E-state index in [1.54, 1.807) is 24.3 Å². The van der Waals surface area contributed by atoms with E-state index in [0.717, 1.165) is 31.7 Å². The summed E-state index contributed by atoms with van der Waals surface area (Å²) in [7, 11) is 0. The lowest BCUT2D eigenvalue weighted by Crippen LogP contribution is -2.38. The Morgan fingerprint density at radius 2 is 1.88 bits per heavy atom. The van der Waals surface area contributed by atoms with Crippen LogP contribution in [-0.4, -0.2) is 28.1 Å². The van der Waals surface area contributed by atoms with Crippen molar-refractivity contribution < 1.29 is 13.6 Å². The molecule has 1 fully saturated rings. The molecule has 3 aromatic rings. The fraction of sp³-hybridized carbons (Fsp3) is 0.217. The van der Waals surface area contributed by atoms with Crippen LogP contribution in [0.2, 0.25) is 0 Å². The molecule has 0 bridgehead atoms. The monoisotopic (exact) mass is 434 g/mol. The van der Waals surface area contributed by atoms with Gasteiger partial charge in [0, 0.05) is 29.3 Å². The Morgan fingerprint density at radius 1 is 1.12 bits per heavy atom. The van der Waals surface area contributed by atoms with Gasteiger partial charge in [-0.2, -0.15) is 15.4 Å². The smallest absolute Gasteiger partial charge is 0.280 e. The van der Waals surface area contributed by atoms with Crippen molar-refractivity contribution >= 4 is 17.7 Å². The van der Waals surface area contributed by atoms with Crippen molar-refractivity contribution in [2.75, 3.05) is 5.32 Å². The molecule has 1 heterocycles. The van der Waals surface area contributed by atoms with Crippen LogP contribution >= 0.6 is 0 Å². The van der Waals surface area contributed by atoms with Gasteiger partial charge >= 0.3 is 0 Å². The molecule has 2 aromatic carbocycles. The summed E-state index contributed by atoms with van der Waals surface area (Å²) in [6.45, 7) is 0. The van der Waals surface area contributed by atoms with Gasteiger partial charge in [-0.15, -0.1) is 0 Å². The third-order valence-electron chi connectivity index (χ3n) is 5.15. The number of carbonyl (C=O) groups is 1. The van der Waals surface area contributed by atoms with Gasteiger partial charge in [0.05, 0.1) is 17.3 Å². The number of halogens is 2. The number of benzene rings is 2. The van der Waals surface area contributed by atoms with Gasteiger partial charge in [0.1, 0.15) is 11.6 Å². The van der Waals surface area contributed by atoms with Crippen LogP contribution in [0.5, 0.6) is 0 Å². The van der Waals surface area contributed by atoms with Crippen molar-refractivity contribution in [2.45, 2.75) is 31.7 Å². The first-order valence-corrected chi connectivity index (χ1v) is 10.2. The quantitative estimate of drug-likeness (QED) is 0.418. The topological polar surface area (TPSA) is 106 Å². The lowest BCUT2D eigenvalue weighted by Gasteiger charge is -2.15. The van der Waals surface area contributed by atoms with E-state index in [9.17, 15) is 13.6 Å². The minimum Gasteiger partial charge on any atom is -0.353 e. The zero-order valence-corrected chi connectivity index (χ0v) is 17.0. The molecule has 0 radical (unpaired) electrons. The van der Waals surface area contributed by atoms with Crippen LogP contribution in [0.3, 0.4) is 0 Å². The zero-order valence-electron chi connectivity index (χ0n) is 17.0. The van der Waals surface area contributed by atoms with Crippen molar-refractivity contribution in [1.82, 2.24) is 15.5 Å². The molecule has 1 aliphatic carbocycles. The molecule has 0 aliphatic heterocycles. The van der Waals surface area contributed by atoms with Crippen LogP contribution in [0.1, 0.15) is 41.6 Å². The molecule has 7 nitrogen and oxygen atoms in total. The van der Waals surface area contributed by atoms with Crippen molar-refractivity contribution in [2.24, 2.45) is 4.99 Å². The number of nitriles is 1. The summed E-state index contributed by atoms with van der Waals surface area (Å²) < 4.78 is 27.1. The SMILES string of the molecule is N#Cc1cccc(C(=O)/N=C(\Nc2cc(-c3cc(F)cc(F)c3)[nH]n2)NC2CCCC2)c1.